The first-order valence-electron chi connectivity index (χ1n) is 9.43. The first-order valence-corrected chi connectivity index (χ1v) is 9.43. The number of aliphatic hydroxyl groups is 1. The zero-order chi connectivity index (χ0) is 16.6. The average Bonchev–Trinajstić information content (AvgIpc) is 2.63. The Morgan fingerprint density at radius 2 is 1.79 bits per heavy atom. The van der Waals surface area contributed by atoms with E-state index >= 15 is 0 Å². The molecule has 4 heteroatoms. The van der Waals surface area contributed by atoms with Crippen molar-refractivity contribution in [1.29, 1.82) is 0 Å². The highest BCUT2D eigenvalue weighted by Crippen LogP contribution is 2.22. The van der Waals surface area contributed by atoms with Crippen LogP contribution < -0.4 is 0 Å². The molecule has 1 N–H and O–H groups in total. The largest absolute Gasteiger partial charge is 0.389 e. The van der Waals surface area contributed by atoms with E-state index in [2.05, 4.69) is 35.2 Å². The summed E-state index contributed by atoms with van der Waals surface area (Å²) in [5, 5.41) is 10.2. The highest BCUT2D eigenvalue weighted by Gasteiger charge is 2.22. The van der Waals surface area contributed by atoms with Crippen molar-refractivity contribution in [3.63, 3.8) is 0 Å². The van der Waals surface area contributed by atoms with Gasteiger partial charge in [-0.15, -0.1) is 0 Å². The summed E-state index contributed by atoms with van der Waals surface area (Å²) in [5.41, 5.74) is 1.45. The Balaban J connectivity index is 1.31. The summed E-state index contributed by atoms with van der Waals surface area (Å²) in [7, 11) is 0. The number of piperidine rings is 1. The Kier molecular flexibility index (Phi) is 7.09. The molecular formula is C20H31NO3. The lowest BCUT2D eigenvalue weighted by molar-refractivity contribution is -0.0652. The Morgan fingerprint density at radius 1 is 1.08 bits per heavy atom. The van der Waals surface area contributed by atoms with Gasteiger partial charge in [0, 0.05) is 19.8 Å². The molecule has 0 spiro atoms. The van der Waals surface area contributed by atoms with Crippen LogP contribution in [0.2, 0.25) is 0 Å². The first-order chi connectivity index (χ1) is 11.8. The minimum absolute atomic E-state index is 0.269. The highest BCUT2D eigenvalue weighted by molar-refractivity contribution is 5.15. The predicted octanol–water partition coefficient (Wildman–Crippen LogP) is 2.50. The third-order valence-electron chi connectivity index (χ3n) is 5.24. The molecule has 2 aliphatic rings. The second-order valence-electron chi connectivity index (χ2n) is 7.23. The van der Waals surface area contributed by atoms with Crippen molar-refractivity contribution in [3.05, 3.63) is 35.9 Å². The summed E-state index contributed by atoms with van der Waals surface area (Å²) in [4.78, 5) is 2.39. The summed E-state index contributed by atoms with van der Waals surface area (Å²) >= 11 is 0. The van der Waals surface area contributed by atoms with E-state index in [0.717, 1.165) is 51.6 Å². The molecule has 1 unspecified atom stereocenters. The normalized spacial score (nSPS) is 22.5. The third-order valence-corrected chi connectivity index (χ3v) is 5.24. The number of benzene rings is 1. The molecule has 1 aromatic carbocycles. The summed E-state index contributed by atoms with van der Waals surface area (Å²) < 4.78 is 11.2. The molecule has 2 saturated heterocycles. The predicted molar refractivity (Wildman–Crippen MR) is 95.1 cm³/mol. The monoisotopic (exact) mass is 333 g/mol. The molecule has 2 aliphatic heterocycles. The van der Waals surface area contributed by atoms with Gasteiger partial charge in [-0.25, -0.2) is 0 Å². The van der Waals surface area contributed by atoms with E-state index in [4.69, 9.17) is 9.47 Å². The van der Waals surface area contributed by atoms with Crippen molar-refractivity contribution in [2.24, 2.45) is 5.92 Å². The molecule has 1 atom stereocenters. The summed E-state index contributed by atoms with van der Waals surface area (Å²) in [6, 6.07) is 10.8. The Morgan fingerprint density at radius 3 is 2.50 bits per heavy atom. The van der Waals surface area contributed by atoms with Crippen LogP contribution in [0.1, 0.15) is 31.2 Å². The van der Waals surface area contributed by atoms with Crippen molar-refractivity contribution in [3.8, 4) is 0 Å². The molecule has 3 rings (SSSR count). The lowest BCUT2D eigenvalue weighted by atomic mass is 9.90. The van der Waals surface area contributed by atoms with Crippen LogP contribution in [0.15, 0.2) is 30.3 Å². The molecule has 2 heterocycles. The fourth-order valence-electron chi connectivity index (χ4n) is 3.76. The van der Waals surface area contributed by atoms with Crippen molar-refractivity contribution < 1.29 is 14.6 Å². The van der Waals surface area contributed by atoms with Gasteiger partial charge in [0.15, 0.2) is 0 Å². The standard InChI is InChI=1S/C20H31NO3/c22-19(16-24-20-8-12-23-13-9-20)15-21-10-6-18(7-11-21)14-17-4-2-1-3-5-17/h1-5,18-20,22H,6-16H2. The number of likely N-dealkylation sites (tertiary alicyclic amines) is 1. The summed E-state index contributed by atoms with van der Waals surface area (Å²) in [6.45, 7) is 4.94. The minimum atomic E-state index is -0.376. The van der Waals surface area contributed by atoms with Crippen LogP contribution in [-0.4, -0.2) is 61.7 Å². The smallest absolute Gasteiger partial charge is 0.0900 e. The Bertz CT molecular complexity index is 453. The average molecular weight is 333 g/mol. The van der Waals surface area contributed by atoms with E-state index in [-0.39, 0.29) is 12.2 Å². The van der Waals surface area contributed by atoms with Crippen molar-refractivity contribution >= 4 is 0 Å². The fourth-order valence-corrected chi connectivity index (χ4v) is 3.76. The number of nitrogens with zero attached hydrogens (tertiary/aromatic N) is 1. The van der Waals surface area contributed by atoms with Gasteiger partial charge in [-0.3, -0.25) is 0 Å². The maximum Gasteiger partial charge on any atom is 0.0900 e. The van der Waals surface area contributed by atoms with Crippen LogP contribution in [-0.2, 0) is 15.9 Å². The molecule has 0 bridgehead atoms. The van der Waals surface area contributed by atoms with Gasteiger partial charge in [0.25, 0.3) is 0 Å². The lowest BCUT2D eigenvalue weighted by Gasteiger charge is -2.33. The van der Waals surface area contributed by atoms with E-state index in [1.165, 1.54) is 24.8 Å². The van der Waals surface area contributed by atoms with Crippen LogP contribution in [0.5, 0.6) is 0 Å². The minimum Gasteiger partial charge on any atom is -0.389 e. The van der Waals surface area contributed by atoms with Gasteiger partial charge in [0.2, 0.25) is 0 Å². The van der Waals surface area contributed by atoms with Gasteiger partial charge in [-0.1, -0.05) is 30.3 Å². The number of aliphatic hydroxyl groups excluding tert-OH is 1. The van der Waals surface area contributed by atoms with Crippen LogP contribution in [0.3, 0.4) is 0 Å². The molecule has 134 valence electrons. The van der Waals surface area contributed by atoms with E-state index < -0.39 is 0 Å². The van der Waals surface area contributed by atoms with Crippen molar-refractivity contribution in [2.45, 2.75) is 44.3 Å². The maximum atomic E-state index is 10.2. The van der Waals surface area contributed by atoms with Gasteiger partial charge in [-0.2, -0.15) is 0 Å². The second kappa shape index (κ2) is 9.52. The zero-order valence-electron chi connectivity index (χ0n) is 14.6. The molecule has 4 nitrogen and oxygen atoms in total. The third kappa shape index (κ3) is 5.85. The number of hydrogen-bond acceptors (Lipinski definition) is 4. The molecule has 24 heavy (non-hydrogen) atoms. The molecule has 2 fully saturated rings. The molecule has 0 radical (unpaired) electrons. The van der Waals surface area contributed by atoms with Crippen LogP contribution in [0.25, 0.3) is 0 Å². The van der Waals surface area contributed by atoms with Crippen molar-refractivity contribution in [1.82, 2.24) is 4.90 Å². The molecule has 0 aromatic heterocycles. The van der Waals surface area contributed by atoms with Crippen LogP contribution >= 0.6 is 0 Å². The fraction of sp³-hybridized carbons (Fsp3) is 0.700. The Labute approximate surface area is 145 Å². The van der Waals surface area contributed by atoms with E-state index in [9.17, 15) is 5.11 Å². The quantitative estimate of drug-likeness (QED) is 0.832. The molecule has 0 amide bonds. The van der Waals surface area contributed by atoms with Gasteiger partial charge in [-0.05, 0) is 56.7 Å². The lowest BCUT2D eigenvalue weighted by Crippen LogP contribution is -2.41. The summed E-state index contributed by atoms with van der Waals surface area (Å²) in [6.07, 6.45) is 5.44. The van der Waals surface area contributed by atoms with E-state index in [1.807, 2.05) is 0 Å². The highest BCUT2D eigenvalue weighted by atomic mass is 16.5. The molecule has 0 aliphatic carbocycles. The maximum absolute atomic E-state index is 10.2. The number of rotatable bonds is 7. The number of β-amino-alcohol motifs (C(OH)–C–C–N with tert-alkyl or cyclic N) is 1. The molecule has 1 aromatic rings. The van der Waals surface area contributed by atoms with Gasteiger partial charge >= 0.3 is 0 Å². The second-order valence-corrected chi connectivity index (χ2v) is 7.23. The van der Waals surface area contributed by atoms with Gasteiger partial charge in [0.05, 0.1) is 18.8 Å². The number of ether oxygens (including phenoxy) is 2. The topological polar surface area (TPSA) is 41.9 Å². The van der Waals surface area contributed by atoms with Crippen molar-refractivity contribution in [2.75, 3.05) is 39.5 Å². The zero-order valence-corrected chi connectivity index (χ0v) is 14.6. The van der Waals surface area contributed by atoms with Gasteiger partial charge < -0.3 is 19.5 Å². The number of hydrogen-bond donors (Lipinski definition) is 1. The molecule has 0 saturated carbocycles. The van der Waals surface area contributed by atoms with Gasteiger partial charge in [0.1, 0.15) is 0 Å². The van der Waals surface area contributed by atoms with E-state index in [1.54, 1.807) is 0 Å². The molecular weight excluding hydrogens is 302 g/mol. The van der Waals surface area contributed by atoms with Crippen LogP contribution in [0, 0.1) is 5.92 Å². The SMILES string of the molecule is OC(COC1CCOCC1)CN1CCC(Cc2ccccc2)CC1. The Hall–Kier alpha value is -0.940. The first kappa shape index (κ1) is 17.9. The van der Waals surface area contributed by atoms with E-state index in [0.29, 0.717) is 6.61 Å². The van der Waals surface area contributed by atoms with Crippen LogP contribution in [0.4, 0.5) is 0 Å². The summed E-state index contributed by atoms with van der Waals surface area (Å²) in [5.74, 6) is 0.777.